The average Bonchev–Trinajstić information content (AvgIpc) is 3.07. The van der Waals surface area contributed by atoms with E-state index in [-0.39, 0.29) is 12.5 Å². The molecule has 1 aromatic carbocycles. The third-order valence-electron chi connectivity index (χ3n) is 3.89. The molecule has 1 aliphatic carbocycles. The molecule has 0 spiro atoms. The fraction of sp³-hybridized carbons (Fsp3) is 0.400. The SMILES string of the molecule is CCn1nncc1C(=O)NCC1(O)Cc2ccccc2C1. The first-order chi connectivity index (χ1) is 10.1. The predicted octanol–water partition coefficient (Wildman–Crippen LogP) is 0.558. The Morgan fingerprint density at radius 2 is 2.05 bits per heavy atom. The third-order valence-corrected chi connectivity index (χ3v) is 3.89. The van der Waals surface area contributed by atoms with Gasteiger partial charge < -0.3 is 10.4 Å². The molecule has 2 N–H and O–H groups in total. The Labute approximate surface area is 122 Å². The fourth-order valence-corrected chi connectivity index (χ4v) is 2.80. The lowest BCUT2D eigenvalue weighted by Gasteiger charge is -2.22. The minimum Gasteiger partial charge on any atom is -0.387 e. The monoisotopic (exact) mass is 286 g/mol. The minimum absolute atomic E-state index is 0.218. The first-order valence-corrected chi connectivity index (χ1v) is 7.07. The molecule has 0 unspecified atom stereocenters. The summed E-state index contributed by atoms with van der Waals surface area (Å²) in [5.74, 6) is -0.258. The molecule has 1 heterocycles. The number of hydrogen-bond acceptors (Lipinski definition) is 4. The van der Waals surface area contributed by atoms with E-state index in [1.807, 2.05) is 31.2 Å². The molecule has 0 bridgehead atoms. The van der Waals surface area contributed by atoms with Gasteiger partial charge >= 0.3 is 0 Å². The highest BCUT2D eigenvalue weighted by atomic mass is 16.3. The molecule has 6 nitrogen and oxygen atoms in total. The van der Waals surface area contributed by atoms with E-state index in [4.69, 9.17) is 0 Å². The summed E-state index contributed by atoms with van der Waals surface area (Å²) in [4.78, 5) is 12.1. The van der Waals surface area contributed by atoms with Gasteiger partial charge in [-0.1, -0.05) is 29.5 Å². The highest BCUT2D eigenvalue weighted by molar-refractivity contribution is 5.92. The van der Waals surface area contributed by atoms with Crippen molar-refractivity contribution in [1.82, 2.24) is 20.3 Å². The van der Waals surface area contributed by atoms with E-state index in [2.05, 4.69) is 15.6 Å². The van der Waals surface area contributed by atoms with Gasteiger partial charge in [0.05, 0.1) is 11.8 Å². The maximum atomic E-state index is 12.1. The Hall–Kier alpha value is -2.21. The van der Waals surface area contributed by atoms with Crippen LogP contribution in [0, 0.1) is 0 Å². The zero-order valence-electron chi connectivity index (χ0n) is 11.9. The van der Waals surface area contributed by atoms with Gasteiger partial charge in [0.15, 0.2) is 0 Å². The third kappa shape index (κ3) is 2.67. The van der Waals surface area contributed by atoms with E-state index in [0.29, 0.717) is 25.1 Å². The van der Waals surface area contributed by atoms with Crippen LogP contribution in [0.2, 0.25) is 0 Å². The van der Waals surface area contributed by atoms with Gasteiger partial charge in [-0.25, -0.2) is 4.68 Å². The molecule has 1 aliphatic rings. The second kappa shape index (κ2) is 5.29. The number of nitrogens with one attached hydrogen (secondary N) is 1. The largest absolute Gasteiger partial charge is 0.387 e. The smallest absolute Gasteiger partial charge is 0.271 e. The standard InChI is InChI=1S/C15H18N4O2/c1-2-19-13(9-17-18-19)14(20)16-10-15(21)7-11-5-3-4-6-12(11)8-15/h3-6,9,21H,2,7-8,10H2,1H3,(H,16,20). The molecular formula is C15H18N4O2. The molecule has 0 saturated carbocycles. The second-order valence-electron chi connectivity index (χ2n) is 5.46. The number of carbonyl (C=O) groups is 1. The summed E-state index contributed by atoms with van der Waals surface area (Å²) < 4.78 is 1.53. The van der Waals surface area contributed by atoms with Crippen LogP contribution in [0.25, 0.3) is 0 Å². The van der Waals surface area contributed by atoms with Crippen molar-refractivity contribution in [3.8, 4) is 0 Å². The number of amides is 1. The maximum Gasteiger partial charge on any atom is 0.271 e. The lowest BCUT2D eigenvalue weighted by atomic mass is 10.0. The van der Waals surface area contributed by atoms with Crippen LogP contribution in [-0.2, 0) is 19.4 Å². The van der Waals surface area contributed by atoms with Crippen LogP contribution in [-0.4, -0.2) is 38.2 Å². The van der Waals surface area contributed by atoms with Gasteiger partial charge in [0.2, 0.25) is 0 Å². The van der Waals surface area contributed by atoms with Gasteiger partial charge in [-0.05, 0) is 18.1 Å². The molecule has 0 saturated heterocycles. The number of aromatic nitrogens is 3. The number of carbonyl (C=O) groups excluding carboxylic acids is 1. The minimum atomic E-state index is -0.913. The summed E-state index contributed by atoms with van der Waals surface area (Å²) in [5.41, 5.74) is 1.80. The number of hydrogen-bond donors (Lipinski definition) is 2. The van der Waals surface area contributed by atoms with Crippen LogP contribution in [0.1, 0.15) is 28.5 Å². The summed E-state index contributed by atoms with van der Waals surface area (Å²) >= 11 is 0. The Morgan fingerprint density at radius 3 is 2.67 bits per heavy atom. The molecule has 6 heteroatoms. The first-order valence-electron chi connectivity index (χ1n) is 7.07. The maximum absolute atomic E-state index is 12.1. The first kappa shape index (κ1) is 13.8. The number of rotatable bonds is 4. The van der Waals surface area contributed by atoms with E-state index in [1.165, 1.54) is 10.9 Å². The van der Waals surface area contributed by atoms with Gasteiger partial charge in [0, 0.05) is 25.9 Å². The van der Waals surface area contributed by atoms with Crippen LogP contribution in [0.3, 0.4) is 0 Å². The van der Waals surface area contributed by atoms with E-state index in [1.54, 1.807) is 0 Å². The van der Waals surface area contributed by atoms with Gasteiger partial charge in [-0.3, -0.25) is 4.79 Å². The van der Waals surface area contributed by atoms with Crippen molar-refractivity contribution in [1.29, 1.82) is 0 Å². The lowest BCUT2D eigenvalue weighted by molar-refractivity contribution is 0.0477. The van der Waals surface area contributed by atoms with Crippen molar-refractivity contribution < 1.29 is 9.90 Å². The quantitative estimate of drug-likeness (QED) is 0.860. The molecule has 3 rings (SSSR count). The van der Waals surface area contributed by atoms with Gasteiger partial charge in [0.25, 0.3) is 5.91 Å². The molecule has 2 aromatic rings. The number of benzene rings is 1. The van der Waals surface area contributed by atoms with E-state index in [0.717, 1.165) is 11.1 Å². The number of nitrogens with zero attached hydrogens (tertiary/aromatic N) is 3. The van der Waals surface area contributed by atoms with Crippen molar-refractivity contribution in [2.45, 2.75) is 31.9 Å². The summed E-state index contributed by atoms with van der Waals surface area (Å²) in [5, 5.41) is 21.0. The van der Waals surface area contributed by atoms with Crippen LogP contribution in [0.4, 0.5) is 0 Å². The van der Waals surface area contributed by atoms with Crippen LogP contribution >= 0.6 is 0 Å². The molecule has 0 radical (unpaired) electrons. The molecule has 1 aromatic heterocycles. The van der Waals surface area contributed by atoms with Crippen molar-refractivity contribution in [3.63, 3.8) is 0 Å². The molecule has 21 heavy (non-hydrogen) atoms. The van der Waals surface area contributed by atoms with Crippen molar-refractivity contribution >= 4 is 5.91 Å². The van der Waals surface area contributed by atoms with Crippen molar-refractivity contribution in [2.24, 2.45) is 0 Å². The molecular weight excluding hydrogens is 268 g/mol. The van der Waals surface area contributed by atoms with Crippen LogP contribution in [0.15, 0.2) is 30.5 Å². The summed E-state index contributed by atoms with van der Waals surface area (Å²) in [6.45, 7) is 2.69. The zero-order valence-corrected chi connectivity index (χ0v) is 11.9. The summed E-state index contributed by atoms with van der Waals surface area (Å²) in [6.07, 6.45) is 2.57. The van der Waals surface area contributed by atoms with E-state index < -0.39 is 5.60 Å². The topological polar surface area (TPSA) is 80.0 Å². The van der Waals surface area contributed by atoms with E-state index >= 15 is 0 Å². The van der Waals surface area contributed by atoms with Gasteiger partial charge in [0.1, 0.15) is 5.69 Å². The average molecular weight is 286 g/mol. The number of fused-ring (bicyclic) bond motifs is 1. The lowest BCUT2D eigenvalue weighted by Crippen LogP contribution is -2.44. The fourth-order valence-electron chi connectivity index (χ4n) is 2.80. The zero-order chi connectivity index (χ0) is 14.9. The van der Waals surface area contributed by atoms with Crippen molar-refractivity contribution in [3.05, 3.63) is 47.3 Å². The molecule has 0 fully saturated rings. The van der Waals surface area contributed by atoms with Crippen molar-refractivity contribution in [2.75, 3.05) is 6.54 Å². The Balaban J connectivity index is 1.65. The Kier molecular flexibility index (Phi) is 3.47. The molecule has 0 aliphatic heterocycles. The highest BCUT2D eigenvalue weighted by Gasteiger charge is 2.35. The Morgan fingerprint density at radius 1 is 1.38 bits per heavy atom. The number of aliphatic hydroxyl groups is 1. The summed E-state index contributed by atoms with van der Waals surface area (Å²) in [6, 6.07) is 7.97. The number of aryl methyl sites for hydroxylation is 1. The second-order valence-corrected chi connectivity index (χ2v) is 5.46. The van der Waals surface area contributed by atoms with Gasteiger partial charge in [-0.2, -0.15) is 0 Å². The molecule has 1 amide bonds. The molecule has 0 atom stereocenters. The van der Waals surface area contributed by atoms with Crippen LogP contribution in [0.5, 0.6) is 0 Å². The van der Waals surface area contributed by atoms with Crippen LogP contribution < -0.4 is 5.32 Å². The predicted molar refractivity (Wildman–Crippen MR) is 76.8 cm³/mol. The molecule has 110 valence electrons. The Bertz CT molecular complexity index is 640. The normalized spacial score (nSPS) is 15.7. The van der Waals surface area contributed by atoms with E-state index in [9.17, 15) is 9.90 Å². The highest BCUT2D eigenvalue weighted by Crippen LogP contribution is 2.29. The summed E-state index contributed by atoms with van der Waals surface area (Å²) in [7, 11) is 0. The van der Waals surface area contributed by atoms with Gasteiger partial charge in [-0.15, -0.1) is 5.10 Å².